The Balaban J connectivity index is 1.50. The average Bonchev–Trinajstić information content (AvgIpc) is 3.47. The number of carbonyl (C=O) groups is 3. The van der Waals surface area contributed by atoms with E-state index in [1.165, 1.54) is 12.2 Å². The first-order chi connectivity index (χ1) is 16.2. The van der Waals surface area contributed by atoms with Crippen molar-refractivity contribution in [2.24, 2.45) is 28.1 Å². The molecule has 4 aliphatic heterocycles. The summed E-state index contributed by atoms with van der Waals surface area (Å²) in [5.74, 6) is -1.96. The third kappa shape index (κ3) is 2.52. The van der Waals surface area contributed by atoms with E-state index in [9.17, 15) is 24.6 Å². The molecule has 9 nitrogen and oxygen atoms in total. The Kier molecular flexibility index (Phi) is 4.34. The number of aliphatic hydroxyl groups is 2. The van der Waals surface area contributed by atoms with Gasteiger partial charge in [0.2, 0.25) is 6.29 Å². The molecule has 0 aromatic carbocycles. The smallest absolute Gasteiger partial charge is 0.339 e. The molecule has 0 bridgehead atoms. The predicted molar refractivity (Wildman–Crippen MR) is 118 cm³/mol. The molecule has 190 valence electrons. The van der Waals surface area contributed by atoms with Crippen LogP contribution in [0.5, 0.6) is 0 Å². The first-order valence-electron chi connectivity index (χ1n) is 12.3. The van der Waals surface area contributed by atoms with E-state index in [0.29, 0.717) is 19.3 Å². The average molecular weight is 489 g/mol. The van der Waals surface area contributed by atoms with E-state index in [0.717, 1.165) is 0 Å². The second-order valence-corrected chi connectivity index (χ2v) is 12.3. The molecule has 9 heteroatoms. The molecule has 2 saturated carbocycles. The number of cyclic esters (lactones) is 3. The van der Waals surface area contributed by atoms with Gasteiger partial charge in [0.05, 0.1) is 6.10 Å². The lowest BCUT2D eigenvalue weighted by atomic mass is 9.37. The molecule has 0 aromatic heterocycles. The molecular weight excluding hydrogens is 456 g/mol. The summed E-state index contributed by atoms with van der Waals surface area (Å²) in [7, 11) is 0. The summed E-state index contributed by atoms with van der Waals surface area (Å²) >= 11 is 0. The van der Waals surface area contributed by atoms with Gasteiger partial charge in [0.25, 0.3) is 0 Å². The Morgan fingerprint density at radius 3 is 2.31 bits per heavy atom. The Morgan fingerprint density at radius 2 is 1.66 bits per heavy atom. The van der Waals surface area contributed by atoms with Crippen molar-refractivity contribution in [1.29, 1.82) is 0 Å². The molecule has 6 aliphatic rings. The minimum absolute atomic E-state index is 0.140. The fraction of sp³-hybridized carbons (Fsp3) is 0.731. The zero-order valence-corrected chi connectivity index (χ0v) is 20.6. The van der Waals surface area contributed by atoms with Gasteiger partial charge >= 0.3 is 17.9 Å². The molecule has 6 rings (SSSR count). The third-order valence-corrected chi connectivity index (χ3v) is 10.5. The number of rotatable bonds is 1. The highest BCUT2D eigenvalue weighted by molar-refractivity contribution is 5.87. The van der Waals surface area contributed by atoms with Gasteiger partial charge in [-0.1, -0.05) is 26.8 Å². The molecule has 1 spiro atoms. The quantitative estimate of drug-likeness (QED) is 0.320. The van der Waals surface area contributed by atoms with Crippen molar-refractivity contribution in [1.82, 2.24) is 0 Å². The van der Waals surface area contributed by atoms with Crippen LogP contribution >= 0.6 is 0 Å². The van der Waals surface area contributed by atoms with Crippen molar-refractivity contribution in [2.45, 2.75) is 89.7 Å². The van der Waals surface area contributed by atoms with Crippen molar-refractivity contribution in [3.8, 4) is 0 Å². The number of ether oxygens (including phenoxy) is 4. The first kappa shape index (κ1) is 23.2. The molecule has 2 N–H and O–H groups in total. The van der Waals surface area contributed by atoms with Gasteiger partial charge in [-0.2, -0.15) is 0 Å². The highest BCUT2D eigenvalue weighted by atomic mass is 16.7. The monoisotopic (exact) mass is 488 g/mol. The topological polar surface area (TPSA) is 132 Å². The van der Waals surface area contributed by atoms with Gasteiger partial charge in [-0.15, -0.1) is 0 Å². The van der Waals surface area contributed by atoms with Crippen LogP contribution in [0.2, 0.25) is 0 Å². The number of epoxide rings is 1. The van der Waals surface area contributed by atoms with Gasteiger partial charge in [0.15, 0.2) is 6.10 Å². The highest BCUT2D eigenvalue weighted by Gasteiger charge is 2.88. The van der Waals surface area contributed by atoms with E-state index in [-0.39, 0.29) is 17.4 Å². The lowest BCUT2D eigenvalue weighted by molar-refractivity contribution is -0.249. The molecule has 1 unspecified atom stereocenters. The Bertz CT molecular complexity index is 1110. The maximum Gasteiger partial charge on any atom is 0.339 e. The Morgan fingerprint density at radius 1 is 0.943 bits per heavy atom. The van der Waals surface area contributed by atoms with Gasteiger partial charge in [-0.3, -0.25) is 0 Å². The molecule has 10 atom stereocenters. The number of fused-ring (bicyclic) bond motifs is 3. The zero-order valence-electron chi connectivity index (χ0n) is 20.6. The number of esters is 3. The Hall–Kier alpha value is -2.23. The summed E-state index contributed by atoms with van der Waals surface area (Å²) < 4.78 is 22.8. The van der Waals surface area contributed by atoms with E-state index < -0.39 is 70.0 Å². The summed E-state index contributed by atoms with van der Waals surface area (Å²) in [5.41, 5.74) is -3.89. The van der Waals surface area contributed by atoms with E-state index in [1.807, 2.05) is 33.8 Å². The van der Waals surface area contributed by atoms with Crippen LogP contribution in [0.1, 0.15) is 53.9 Å². The molecular formula is C26H32O9. The van der Waals surface area contributed by atoms with Gasteiger partial charge < -0.3 is 29.2 Å². The summed E-state index contributed by atoms with van der Waals surface area (Å²) in [5, 5.41) is 22.3. The van der Waals surface area contributed by atoms with Crippen LogP contribution < -0.4 is 0 Å². The molecule has 0 amide bonds. The van der Waals surface area contributed by atoms with Gasteiger partial charge in [0, 0.05) is 34.5 Å². The molecule has 35 heavy (non-hydrogen) atoms. The normalized spacial score (nSPS) is 53.6. The number of hydrogen-bond donors (Lipinski definition) is 2. The molecule has 4 fully saturated rings. The fourth-order valence-corrected chi connectivity index (χ4v) is 8.99. The highest BCUT2D eigenvalue weighted by Crippen LogP contribution is 2.78. The van der Waals surface area contributed by atoms with Gasteiger partial charge in [-0.05, 0) is 44.4 Å². The van der Waals surface area contributed by atoms with E-state index in [4.69, 9.17) is 18.9 Å². The van der Waals surface area contributed by atoms with E-state index >= 15 is 0 Å². The second kappa shape index (κ2) is 6.55. The van der Waals surface area contributed by atoms with Crippen LogP contribution in [0.15, 0.2) is 23.8 Å². The van der Waals surface area contributed by atoms with Gasteiger partial charge in [-0.25, -0.2) is 14.4 Å². The van der Waals surface area contributed by atoms with Crippen LogP contribution in [-0.2, 0) is 33.3 Å². The SMILES string of the molecule is CC1(C)OC(=O)C=C[C@]2(C)[C@H]3CC[C@@]4(C)[C@H](C5=CC(=O)OC5O)OC(=O)[C@H]5O[C@]54[C@]3(C)[C@@H](O)C[C@@H]12. The van der Waals surface area contributed by atoms with Crippen LogP contribution in [0.3, 0.4) is 0 Å². The maximum atomic E-state index is 13.1. The number of carbonyl (C=O) groups excluding carboxylic acids is 3. The standard InChI is InChI=1S/C26H32O9/c1-22(2)14-11-15(27)25(5)13(23(14,3)8-7-16(28)34-22)6-9-24(4)18(12-10-17(29)32-20(12)30)33-21(31)19-26(24,25)35-19/h7-8,10,13-15,18-20,27,30H,6,9,11H2,1-5H3/t13-,14+,15+,18+,19-,20?,23-,24+,25+,26-/m1/s1. The minimum atomic E-state index is -1.50. The van der Waals surface area contributed by atoms with Crippen molar-refractivity contribution in [3.05, 3.63) is 23.8 Å². The number of aliphatic hydroxyl groups excluding tert-OH is 2. The first-order valence-corrected chi connectivity index (χ1v) is 12.3. The van der Waals surface area contributed by atoms with Crippen LogP contribution in [0, 0.1) is 28.1 Å². The van der Waals surface area contributed by atoms with E-state index in [1.54, 1.807) is 0 Å². The maximum absolute atomic E-state index is 13.1. The molecule has 4 heterocycles. The minimum Gasteiger partial charge on any atom is -0.456 e. The van der Waals surface area contributed by atoms with Crippen molar-refractivity contribution in [2.75, 3.05) is 0 Å². The number of allylic oxidation sites excluding steroid dienone is 1. The van der Waals surface area contributed by atoms with Crippen LogP contribution in [0.25, 0.3) is 0 Å². The molecule has 2 saturated heterocycles. The number of hydrogen-bond acceptors (Lipinski definition) is 9. The third-order valence-electron chi connectivity index (χ3n) is 10.5. The van der Waals surface area contributed by atoms with Crippen molar-refractivity contribution < 1.29 is 43.5 Å². The lowest BCUT2D eigenvalue weighted by Crippen LogP contribution is -2.73. The summed E-state index contributed by atoms with van der Waals surface area (Å²) in [4.78, 5) is 37.4. The van der Waals surface area contributed by atoms with Crippen LogP contribution in [0.4, 0.5) is 0 Å². The summed E-state index contributed by atoms with van der Waals surface area (Å²) in [6.07, 6.45) is 2.01. The van der Waals surface area contributed by atoms with Gasteiger partial charge in [0.1, 0.15) is 17.3 Å². The second-order valence-electron chi connectivity index (χ2n) is 12.3. The Labute approximate surface area is 203 Å². The molecule has 2 aliphatic carbocycles. The van der Waals surface area contributed by atoms with Crippen LogP contribution in [-0.4, -0.2) is 63.9 Å². The van der Waals surface area contributed by atoms with Crippen molar-refractivity contribution in [3.63, 3.8) is 0 Å². The zero-order chi connectivity index (χ0) is 25.3. The summed E-state index contributed by atoms with van der Waals surface area (Å²) in [6.45, 7) is 9.81. The predicted octanol–water partition coefficient (Wildman–Crippen LogP) is 1.55. The largest absolute Gasteiger partial charge is 0.456 e. The lowest BCUT2D eigenvalue weighted by Gasteiger charge is -2.67. The van der Waals surface area contributed by atoms with Crippen molar-refractivity contribution >= 4 is 17.9 Å². The molecule has 0 aromatic rings. The summed E-state index contributed by atoms with van der Waals surface area (Å²) in [6, 6.07) is 0. The molecule has 0 radical (unpaired) electrons. The van der Waals surface area contributed by atoms with E-state index in [2.05, 4.69) is 6.92 Å². The fourth-order valence-electron chi connectivity index (χ4n) is 8.99.